The van der Waals surface area contributed by atoms with Crippen LogP contribution >= 0.6 is 11.3 Å². The summed E-state index contributed by atoms with van der Waals surface area (Å²) in [6.07, 6.45) is 0.942. The number of H-pyrrole nitrogens is 1. The van der Waals surface area contributed by atoms with Gasteiger partial charge in [0.1, 0.15) is 0 Å². The Hall–Kier alpha value is -1.82. The van der Waals surface area contributed by atoms with Crippen molar-refractivity contribution in [2.75, 3.05) is 0 Å². The lowest BCUT2D eigenvalue weighted by molar-refractivity contribution is 0.410. The van der Waals surface area contributed by atoms with Crippen molar-refractivity contribution < 1.29 is 5.11 Å². The minimum atomic E-state index is -0.596. The molecule has 2 aromatic heterocycles. The van der Waals surface area contributed by atoms with E-state index in [0.29, 0.717) is 0 Å². The highest BCUT2D eigenvalue weighted by atomic mass is 32.1. The number of rotatable bonds is 3. The highest BCUT2D eigenvalue weighted by Crippen LogP contribution is 2.18. The maximum Gasteiger partial charge on any atom is 0.331 e. The molecule has 5 nitrogen and oxygen atoms in total. The molecule has 0 atom stereocenters. The van der Waals surface area contributed by atoms with E-state index < -0.39 is 11.2 Å². The number of thiophene rings is 1. The number of nitrogens with one attached hydrogen (secondary N) is 1. The zero-order valence-electron chi connectivity index (χ0n) is 9.27. The van der Waals surface area contributed by atoms with Crippen LogP contribution in [0.2, 0.25) is 0 Å². The quantitative estimate of drug-likeness (QED) is 0.852. The molecule has 6 heteroatoms. The number of nitrogens with zero attached hydrogens (tertiary/aromatic N) is 1. The van der Waals surface area contributed by atoms with Crippen molar-refractivity contribution in [3.05, 3.63) is 48.8 Å². The molecule has 0 aliphatic carbocycles. The highest BCUT2D eigenvalue weighted by Gasteiger charge is 2.06. The predicted molar refractivity (Wildman–Crippen MR) is 65.8 cm³/mol. The lowest BCUT2D eigenvalue weighted by atomic mass is 10.3. The molecule has 0 aliphatic rings. The summed E-state index contributed by atoms with van der Waals surface area (Å²) in [4.78, 5) is 26.7. The fraction of sp³-hybridized carbons (Fsp3) is 0.273. The molecule has 2 N–H and O–H groups in total. The lowest BCUT2D eigenvalue weighted by Gasteiger charge is -2.04. The van der Waals surface area contributed by atoms with E-state index in [1.165, 1.54) is 4.88 Å². The van der Waals surface area contributed by atoms with Crippen molar-refractivity contribution in [2.24, 2.45) is 0 Å². The summed E-state index contributed by atoms with van der Waals surface area (Å²) >= 11 is 1.59. The van der Waals surface area contributed by atoms with Crippen LogP contribution in [0.3, 0.4) is 0 Å². The molecule has 0 aromatic carbocycles. The Balaban J connectivity index is 2.36. The highest BCUT2D eigenvalue weighted by molar-refractivity contribution is 7.11. The number of aromatic hydroxyl groups is 1. The third kappa shape index (κ3) is 2.47. The second kappa shape index (κ2) is 4.58. The predicted octanol–water partition coefficient (Wildman–Crippen LogP) is 0.914. The zero-order valence-corrected chi connectivity index (χ0v) is 10.1. The summed E-state index contributed by atoms with van der Waals surface area (Å²) < 4.78 is 1.13. The summed E-state index contributed by atoms with van der Waals surface area (Å²) in [5.74, 6) is -0.315. The molecular weight excluding hydrogens is 240 g/mol. The van der Waals surface area contributed by atoms with Gasteiger partial charge in [-0.05, 0) is 18.6 Å². The van der Waals surface area contributed by atoms with Crippen LogP contribution in [0.4, 0.5) is 0 Å². The number of hydrogen-bond acceptors (Lipinski definition) is 4. The topological polar surface area (TPSA) is 75.1 Å². The van der Waals surface area contributed by atoms with E-state index in [1.807, 2.05) is 12.1 Å². The van der Waals surface area contributed by atoms with Crippen LogP contribution < -0.4 is 11.2 Å². The number of aromatic nitrogens is 2. The maximum absolute atomic E-state index is 11.5. The van der Waals surface area contributed by atoms with Gasteiger partial charge in [-0.2, -0.15) is 0 Å². The first-order valence-corrected chi connectivity index (χ1v) is 6.02. The first kappa shape index (κ1) is 11.7. The molecule has 0 amide bonds. The van der Waals surface area contributed by atoms with Crippen molar-refractivity contribution in [2.45, 2.75) is 19.9 Å². The Morgan fingerprint density at radius 2 is 2.06 bits per heavy atom. The largest absolute Gasteiger partial charge is 0.494 e. The fourth-order valence-electron chi connectivity index (χ4n) is 1.51. The standard InChI is InChI=1S/C11H12N2O3S/c1-2-7-3-4-8(17-7)6-13-10(15)5-9(14)12-11(13)16/h3-5,15H,2,6H2,1H3,(H,12,14,16). The second-order valence-electron chi connectivity index (χ2n) is 3.60. The Kier molecular flexibility index (Phi) is 3.14. The molecule has 0 fully saturated rings. The van der Waals surface area contributed by atoms with Crippen molar-refractivity contribution in [1.29, 1.82) is 0 Å². The molecular formula is C11H12N2O3S. The van der Waals surface area contributed by atoms with Crippen LogP contribution in [0.5, 0.6) is 5.88 Å². The van der Waals surface area contributed by atoms with E-state index in [1.54, 1.807) is 11.3 Å². The van der Waals surface area contributed by atoms with Crippen LogP contribution in [0.25, 0.3) is 0 Å². The average molecular weight is 252 g/mol. The minimum absolute atomic E-state index is 0.270. The number of hydrogen-bond donors (Lipinski definition) is 2. The number of aromatic amines is 1. The van der Waals surface area contributed by atoms with Gasteiger partial charge in [0.25, 0.3) is 5.56 Å². The van der Waals surface area contributed by atoms with Gasteiger partial charge in [0.05, 0.1) is 12.6 Å². The van der Waals surface area contributed by atoms with E-state index in [9.17, 15) is 14.7 Å². The lowest BCUT2D eigenvalue weighted by Crippen LogP contribution is -2.29. The van der Waals surface area contributed by atoms with Crippen molar-refractivity contribution in [3.63, 3.8) is 0 Å². The molecule has 0 saturated carbocycles. The molecule has 0 aliphatic heterocycles. The average Bonchev–Trinajstić information content (AvgIpc) is 2.71. The van der Waals surface area contributed by atoms with Crippen molar-refractivity contribution in [3.8, 4) is 5.88 Å². The molecule has 0 radical (unpaired) electrons. The minimum Gasteiger partial charge on any atom is -0.494 e. The molecule has 90 valence electrons. The summed E-state index contributed by atoms with van der Waals surface area (Å²) in [5, 5.41) is 9.55. The first-order valence-electron chi connectivity index (χ1n) is 5.21. The van der Waals surface area contributed by atoms with Gasteiger partial charge in [0.15, 0.2) is 0 Å². The van der Waals surface area contributed by atoms with Gasteiger partial charge in [-0.3, -0.25) is 14.3 Å². The normalized spacial score (nSPS) is 10.6. The van der Waals surface area contributed by atoms with Gasteiger partial charge >= 0.3 is 5.69 Å². The molecule has 17 heavy (non-hydrogen) atoms. The molecule has 2 rings (SSSR count). The molecule has 0 unspecified atom stereocenters. The Labute approximate surface area is 101 Å². The molecule has 2 heterocycles. The summed E-state index contributed by atoms with van der Waals surface area (Å²) in [6, 6.07) is 4.91. The van der Waals surface area contributed by atoms with E-state index in [0.717, 1.165) is 21.9 Å². The molecule has 0 bridgehead atoms. The van der Waals surface area contributed by atoms with Crippen molar-refractivity contribution >= 4 is 11.3 Å². The van der Waals surface area contributed by atoms with E-state index in [4.69, 9.17) is 0 Å². The van der Waals surface area contributed by atoms with Gasteiger partial charge < -0.3 is 5.11 Å². The van der Waals surface area contributed by atoms with Crippen molar-refractivity contribution in [1.82, 2.24) is 9.55 Å². The SMILES string of the molecule is CCc1ccc(Cn2c(O)cc(=O)[nH]c2=O)s1. The van der Waals surface area contributed by atoms with Gasteiger partial charge in [0.2, 0.25) is 5.88 Å². The monoisotopic (exact) mass is 252 g/mol. The molecule has 2 aromatic rings. The van der Waals surface area contributed by atoms with Gasteiger partial charge in [0, 0.05) is 9.75 Å². The first-order chi connectivity index (χ1) is 8.10. The van der Waals surface area contributed by atoms with Gasteiger partial charge in [-0.25, -0.2) is 4.79 Å². The Morgan fingerprint density at radius 3 is 2.65 bits per heavy atom. The van der Waals surface area contributed by atoms with Crippen LogP contribution in [-0.4, -0.2) is 14.7 Å². The maximum atomic E-state index is 11.5. The second-order valence-corrected chi connectivity index (χ2v) is 4.86. The zero-order chi connectivity index (χ0) is 12.4. The summed E-state index contributed by atoms with van der Waals surface area (Å²) in [5.41, 5.74) is -1.19. The fourth-order valence-corrected chi connectivity index (χ4v) is 2.46. The number of aryl methyl sites for hydroxylation is 1. The smallest absolute Gasteiger partial charge is 0.331 e. The van der Waals surface area contributed by atoms with Crippen LogP contribution in [0.15, 0.2) is 27.8 Å². The third-order valence-electron chi connectivity index (χ3n) is 2.39. The van der Waals surface area contributed by atoms with E-state index >= 15 is 0 Å². The van der Waals surface area contributed by atoms with Gasteiger partial charge in [-0.1, -0.05) is 6.92 Å². The Bertz CT molecular complexity index is 639. The van der Waals surface area contributed by atoms with E-state index in [2.05, 4.69) is 11.9 Å². The third-order valence-corrected chi connectivity index (χ3v) is 3.61. The Morgan fingerprint density at radius 1 is 1.35 bits per heavy atom. The summed E-state index contributed by atoms with van der Waals surface area (Å²) in [6.45, 7) is 2.32. The van der Waals surface area contributed by atoms with Crippen LogP contribution in [-0.2, 0) is 13.0 Å². The van der Waals surface area contributed by atoms with E-state index in [-0.39, 0.29) is 12.4 Å². The van der Waals surface area contributed by atoms with Crippen LogP contribution in [0.1, 0.15) is 16.7 Å². The molecule has 0 saturated heterocycles. The molecule has 0 spiro atoms. The van der Waals surface area contributed by atoms with Gasteiger partial charge in [-0.15, -0.1) is 11.3 Å². The van der Waals surface area contributed by atoms with Crippen LogP contribution in [0, 0.1) is 0 Å². The summed E-state index contributed by atoms with van der Waals surface area (Å²) in [7, 11) is 0.